The molecule has 10 heteroatoms. The minimum absolute atomic E-state index is 0.242. The molecule has 0 aliphatic heterocycles. The van der Waals surface area contributed by atoms with Crippen molar-refractivity contribution in [3.63, 3.8) is 0 Å². The quantitative estimate of drug-likeness (QED) is 0.278. The van der Waals surface area contributed by atoms with Crippen LogP contribution in [-0.2, 0) is 11.8 Å². The number of rotatable bonds is 10. The Bertz CT molecular complexity index is 1600. The molecule has 2 aromatic carbocycles. The Kier molecular flexibility index (Phi) is 8.67. The summed E-state index contributed by atoms with van der Waals surface area (Å²) in [7, 11) is 9.55. The molecule has 4 aromatic rings. The highest BCUT2D eigenvalue weighted by Gasteiger charge is 2.19. The highest BCUT2D eigenvalue weighted by atomic mass is 16.5. The van der Waals surface area contributed by atoms with Crippen LogP contribution in [0.1, 0.15) is 12.5 Å². The van der Waals surface area contributed by atoms with E-state index < -0.39 is 0 Å². The molecule has 40 heavy (non-hydrogen) atoms. The summed E-state index contributed by atoms with van der Waals surface area (Å²) in [5.74, 6) is 0.601. The van der Waals surface area contributed by atoms with Crippen LogP contribution in [0.3, 0.4) is 0 Å². The molecule has 2 N–H and O–H groups in total. The molecule has 0 saturated carbocycles. The summed E-state index contributed by atoms with van der Waals surface area (Å²) < 4.78 is 7.73. The first-order chi connectivity index (χ1) is 19.2. The zero-order valence-electron chi connectivity index (χ0n) is 23.7. The Hall–Kier alpha value is -4.88. The van der Waals surface area contributed by atoms with E-state index in [9.17, 15) is 10.1 Å². The lowest BCUT2D eigenvalue weighted by Crippen LogP contribution is -2.29. The Labute approximate surface area is 234 Å². The molecule has 0 atom stereocenters. The fraction of sp³-hybridized carbons (Fsp3) is 0.267. The second-order valence-electron chi connectivity index (χ2n) is 9.65. The topological polar surface area (TPSA) is 111 Å². The molecule has 0 aliphatic carbocycles. The van der Waals surface area contributed by atoms with E-state index in [1.54, 1.807) is 26.2 Å². The number of allylic oxidation sites excluding steroid dienone is 1. The molecule has 0 unspecified atom stereocenters. The van der Waals surface area contributed by atoms with E-state index in [-0.39, 0.29) is 5.91 Å². The molecular formula is C30H34N8O2. The minimum atomic E-state index is -0.242. The summed E-state index contributed by atoms with van der Waals surface area (Å²) in [6.45, 7) is 3.36. The van der Waals surface area contributed by atoms with Crippen LogP contribution in [0, 0.1) is 11.3 Å². The lowest BCUT2D eigenvalue weighted by molar-refractivity contribution is -0.111. The maximum absolute atomic E-state index is 12.5. The smallest absolute Gasteiger partial charge is 0.248 e. The summed E-state index contributed by atoms with van der Waals surface area (Å²) in [6.07, 6.45) is 6.64. The van der Waals surface area contributed by atoms with Crippen molar-refractivity contribution in [2.24, 2.45) is 7.05 Å². The molecule has 0 aliphatic rings. The number of likely N-dealkylation sites (N-methyl/N-ethyl adjacent to an activating group) is 2. The van der Waals surface area contributed by atoms with E-state index in [1.165, 1.54) is 12.3 Å². The Balaban J connectivity index is 1.77. The molecule has 0 fully saturated rings. The van der Waals surface area contributed by atoms with Gasteiger partial charge in [0.1, 0.15) is 11.8 Å². The standard InChI is InChI=1S/C30H34N8O2/c1-7-10-28(39)33-23-15-24(27(40-6)16-26(23)37(4)14-13-36(2)3)34-30-32-18-20(17-31)29(35-30)22-19-38(5)25-12-9-8-11-21(22)25/h7-12,15-16,18-19H,13-14H2,1-6H3,(H,33,39)(H,32,34,35)/b10-7-. The van der Waals surface area contributed by atoms with Crippen molar-refractivity contribution in [2.45, 2.75) is 6.92 Å². The van der Waals surface area contributed by atoms with Crippen molar-refractivity contribution in [1.29, 1.82) is 5.26 Å². The number of nitrogens with one attached hydrogen (secondary N) is 2. The van der Waals surface area contributed by atoms with Crippen LogP contribution in [0.4, 0.5) is 23.0 Å². The van der Waals surface area contributed by atoms with Crippen LogP contribution < -0.4 is 20.3 Å². The molecule has 10 nitrogen and oxygen atoms in total. The number of nitrogens with zero attached hydrogens (tertiary/aromatic N) is 6. The number of amides is 1. The molecule has 2 aromatic heterocycles. The summed E-state index contributed by atoms with van der Waals surface area (Å²) >= 11 is 0. The fourth-order valence-electron chi connectivity index (χ4n) is 4.43. The molecule has 2 heterocycles. The maximum Gasteiger partial charge on any atom is 0.248 e. The predicted molar refractivity (Wildman–Crippen MR) is 160 cm³/mol. The van der Waals surface area contributed by atoms with Gasteiger partial charge in [-0.1, -0.05) is 24.3 Å². The second kappa shape index (κ2) is 12.3. The minimum Gasteiger partial charge on any atom is -0.494 e. The van der Waals surface area contributed by atoms with Crippen LogP contribution >= 0.6 is 0 Å². The molecule has 0 radical (unpaired) electrons. The first-order valence-corrected chi connectivity index (χ1v) is 12.9. The molecule has 0 spiro atoms. The third kappa shape index (κ3) is 6.06. The summed E-state index contributed by atoms with van der Waals surface area (Å²) in [5, 5.41) is 17.0. The van der Waals surface area contributed by atoms with Gasteiger partial charge in [-0.3, -0.25) is 4.79 Å². The van der Waals surface area contributed by atoms with Gasteiger partial charge in [0.05, 0.1) is 41.6 Å². The Morgan fingerprint density at radius 2 is 1.95 bits per heavy atom. The van der Waals surface area contributed by atoms with E-state index in [1.807, 2.05) is 69.3 Å². The number of aromatic nitrogens is 3. The average Bonchev–Trinajstić information content (AvgIpc) is 3.28. The zero-order valence-corrected chi connectivity index (χ0v) is 23.7. The van der Waals surface area contributed by atoms with Crippen molar-refractivity contribution >= 4 is 39.8 Å². The number of anilines is 4. The van der Waals surface area contributed by atoms with Gasteiger partial charge in [0.25, 0.3) is 0 Å². The number of ether oxygens (including phenoxy) is 1. The van der Waals surface area contributed by atoms with E-state index in [0.29, 0.717) is 34.3 Å². The van der Waals surface area contributed by atoms with Crippen LogP contribution in [0.2, 0.25) is 0 Å². The summed E-state index contributed by atoms with van der Waals surface area (Å²) in [6, 6.07) is 13.9. The number of benzene rings is 2. The van der Waals surface area contributed by atoms with Crippen LogP contribution in [0.15, 0.2) is 60.9 Å². The number of hydrogen-bond donors (Lipinski definition) is 2. The Morgan fingerprint density at radius 1 is 1.18 bits per heavy atom. The van der Waals surface area contributed by atoms with Gasteiger partial charge in [-0.05, 0) is 39.2 Å². The van der Waals surface area contributed by atoms with E-state index in [2.05, 4.69) is 31.5 Å². The van der Waals surface area contributed by atoms with Gasteiger partial charge in [-0.25, -0.2) is 9.97 Å². The number of methoxy groups -OCH3 is 1. The number of hydrogen-bond acceptors (Lipinski definition) is 8. The third-order valence-corrected chi connectivity index (χ3v) is 6.50. The third-order valence-electron chi connectivity index (χ3n) is 6.50. The van der Waals surface area contributed by atoms with Gasteiger partial charge in [0.2, 0.25) is 11.9 Å². The van der Waals surface area contributed by atoms with Crippen molar-refractivity contribution in [3.8, 4) is 23.1 Å². The molecule has 4 rings (SSSR count). The number of fused-ring (bicyclic) bond motifs is 1. The predicted octanol–water partition coefficient (Wildman–Crippen LogP) is 4.77. The first-order valence-electron chi connectivity index (χ1n) is 12.9. The maximum atomic E-state index is 12.5. The summed E-state index contributed by atoms with van der Waals surface area (Å²) in [5.41, 5.74) is 4.74. The molecule has 0 bridgehead atoms. The highest BCUT2D eigenvalue weighted by Crippen LogP contribution is 2.38. The van der Waals surface area contributed by atoms with Crippen LogP contribution in [0.25, 0.3) is 22.2 Å². The van der Waals surface area contributed by atoms with Crippen molar-refractivity contribution < 1.29 is 9.53 Å². The highest BCUT2D eigenvalue weighted by molar-refractivity contribution is 6.02. The van der Waals surface area contributed by atoms with Gasteiger partial charge in [0, 0.05) is 55.9 Å². The number of carbonyl (C=O) groups is 1. The van der Waals surface area contributed by atoms with E-state index in [0.717, 1.165) is 35.2 Å². The normalized spacial score (nSPS) is 11.2. The molecule has 1 amide bonds. The lowest BCUT2D eigenvalue weighted by Gasteiger charge is -2.26. The van der Waals surface area contributed by atoms with Gasteiger partial charge in [0.15, 0.2) is 0 Å². The SMILES string of the molecule is C/C=C\C(=O)Nc1cc(Nc2ncc(C#N)c(-c3cn(C)c4ccccc34)n2)c(OC)cc1N(C)CCN(C)C. The molecule has 206 valence electrons. The number of carbonyl (C=O) groups excluding carboxylic acids is 1. The van der Waals surface area contributed by atoms with Gasteiger partial charge in [-0.15, -0.1) is 0 Å². The van der Waals surface area contributed by atoms with Gasteiger partial charge in [-0.2, -0.15) is 5.26 Å². The summed E-state index contributed by atoms with van der Waals surface area (Å²) in [4.78, 5) is 25.8. The molecular weight excluding hydrogens is 504 g/mol. The van der Waals surface area contributed by atoms with E-state index >= 15 is 0 Å². The van der Waals surface area contributed by atoms with Crippen LogP contribution in [-0.4, -0.2) is 66.7 Å². The van der Waals surface area contributed by atoms with Crippen molar-refractivity contribution in [2.75, 3.05) is 56.9 Å². The zero-order chi connectivity index (χ0) is 28.8. The van der Waals surface area contributed by atoms with Crippen molar-refractivity contribution in [3.05, 3.63) is 66.5 Å². The van der Waals surface area contributed by atoms with E-state index in [4.69, 9.17) is 9.72 Å². The fourth-order valence-corrected chi connectivity index (χ4v) is 4.43. The van der Waals surface area contributed by atoms with Gasteiger partial charge >= 0.3 is 0 Å². The Morgan fingerprint density at radius 3 is 2.65 bits per heavy atom. The van der Waals surface area contributed by atoms with Crippen LogP contribution in [0.5, 0.6) is 5.75 Å². The van der Waals surface area contributed by atoms with Crippen molar-refractivity contribution in [1.82, 2.24) is 19.4 Å². The largest absolute Gasteiger partial charge is 0.494 e. The second-order valence-corrected chi connectivity index (χ2v) is 9.65. The monoisotopic (exact) mass is 538 g/mol. The average molecular weight is 539 g/mol. The molecule has 0 saturated heterocycles. The first kappa shape index (κ1) is 28.1. The van der Waals surface area contributed by atoms with Gasteiger partial charge < -0.3 is 29.7 Å². The number of aryl methyl sites for hydroxylation is 1. The lowest BCUT2D eigenvalue weighted by atomic mass is 10.1. The number of para-hydroxylation sites is 1. The number of nitriles is 1.